The van der Waals surface area contributed by atoms with Crippen LogP contribution < -0.4 is 5.32 Å². The molecular weight excluding hydrogens is 297 g/mol. The average molecular weight is 318 g/mol. The van der Waals surface area contributed by atoms with Crippen molar-refractivity contribution in [3.8, 4) is 0 Å². The van der Waals surface area contributed by atoms with Gasteiger partial charge in [-0.25, -0.2) is 4.79 Å². The maximum Gasteiger partial charge on any atom is 0.393 e. The Labute approximate surface area is 127 Å². The molecule has 22 heavy (non-hydrogen) atoms. The van der Waals surface area contributed by atoms with Gasteiger partial charge in [0.2, 0.25) is 0 Å². The topological polar surface area (TPSA) is 50.2 Å². The maximum atomic E-state index is 12.8. The number of likely N-dealkylation sites (tertiary alicyclic amines) is 1. The molecule has 2 rings (SSSR count). The van der Waals surface area contributed by atoms with Crippen LogP contribution >= 0.6 is 0 Å². The van der Waals surface area contributed by atoms with Gasteiger partial charge in [0.15, 0.2) is 0 Å². The number of nitrogens with zero attached hydrogens (tertiary/aromatic N) is 3. The Morgan fingerprint density at radius 3 is 2.73 bits per heavy atom. The first-order valence-electron chi connectivity index (χ1n) is 7.30. The summed E-state index contributed by atoms with van der Waals surface area (Å²) >= 11 is 0. The number of rotatable bonds is 2. The van der Waals surface area contributed by atoms with Crippen LogP contribution in [0.15, 0.2) is 6.20 Å². The van der Waals surface area contributed by atoms with E-state index in [1.165, 1.54) is 4.90 Å². The number of hydrogen-bond acceptors (Lipinski definition) is 2. The highest BCUT2D eigenvalue weighted by molar-refractivity contribution is 5.74. The molecule has 0 saturated carbocycles. The summed E-state index contributed by atoms with van der Waals surface area (Å²) in [6, 6.07) is -0.753. The van der Waals surface area contributed by atoms with E-state index in [1.54, 1.807) is 24.9 Å². The Morgan fingerprint density at radius 1 is 1.50 bits per heavy atom. The molecule has 0 aliphatic carbocycles. The first kappa shape index (κ1) is 16.6. The predicted octanol–water partition coefficient (Wildman–Crippen LogP) is 2.77. The molecular formula is C14H21F3N4O. The zero-order valence-electron chi connectivity index (χ0n) is 12.9. The summed E-state index contributed by atoms with van der Waals surface area (Å²) in [6.07, 6.45) is -1.98. The lowest BCUT2D eigenvalue weighted by molar-refractivity contribution is -0.184. The zero-order valence-corrected chi connectivity index (χ0v) is 12.9. The molecule has 2 amide bonds. The minimum atomic E-state index is -4.25. The molecule has 0 aromatic carbocycles. The lowest BCUT2D eigenvalue weighted by Crippen LogP contribution is -2.49. The third-order valence-corrected chi connectivity index (χ3v) is 4.03. The fourth-order valence-corrected chi connectivity index (χ4v) is 2.83. The Kier molecular flexibility index (Phi) is 4.67. The van der Waals surface area contributed by atoms with Gasteiger partial charge in [-0.3, -0.25) is 4.68 Å². The van der Waals surface area contributed by atoms with Crippen molar-refractivity contribution in [2.24, 2.45) is 13.0 Å². The second kappa shape index (κ2) is 6.18. The van der Waals surface area contributed by atoms with E-state index >= 15 is 0 Å². The molecule has 1 aliphatic rings. The van der Waals surface area contributed by atoms with Crippen LogP contribution in [0.1, 0.15) is 37.1 Å². The van der Waals surface area contributed by atoms with E-state index in [0.717, 1.165) is 11.3 Å². The molecule has 1 saturated heterocycles. The number of alkyl halides is 3. The molecule has 1 aromatic heterocycles. The van der Waals surface area contributed by atoms with Crippen LogP contribution in [0.4, 0.5) is 18.0 Å². The summed E-state index contributed by atoms with van der Waals surface area (Å²) in [7, 11) is 1.78. The first-order valence-corrected chi connectivity index (χ1v) is 7.30. The predicted molar refractivity (Wildman–Crippen MR) is 75.2 cm³/mol. The van der Waals surface area contributed by atoms with Crippen LogP contribution in [0.5, 0.6) is 0 Å². The highest BCUT2D eigenvalue weighted by Gasteiger charge is 2.42. The van der Waals surface area contributed by atoms with Crippen LogP contribution in [0.3, 0.4) is 0 Å². The Balaban J connectivity index is 1.98. The quantitative estimate of drug-likeness (QED) is 0.911. The van der Waals surface area contributed by atoms with Crippen molar-refractivity contribution in [2.75, 3.05) is 13.1 Å². The molecule has 0 bridgehead atoms. The number of carbonyl (C=O) groups is 1. The van der Waals surface area contributed by atoms with Gasteiger partial charge in [0.25, 0.3) is 0 Å². The van der Waals surface area contributed by atoms with Crippen molar-refractivity contribution in [1.29, 1.82) is 0 Å². The second-order valence-electron chi connectivity index (χ2n) is 5.84. The molecule has 1 aromatic rings. The molecule has 8 heteroatoms. The fourth-order valence-electron chi connectivity index (χ4n) is 2.83. The summed E-state index contributed by atoms with van der Waals surface area (Å²) in [5.74, 6) is -1.43. The van der Waals surface area contributed by atoms with Crippen LogP contribution in [0, 0.1) is 12.8 Å². The van der Waals surface area contributed by atoms with Gasteiger partial charge in [0, 0.05) is 31.9 Å². The number of nitrogens with one attached hydrogen (secondary N) is 1. The smallest absolute Gasteiger partial charge is 0.331 e. The third kappa shape index (κ3) is 3.72. The maximum absolute atomic E-state index is 12.8. The molecule has 1 aliphatic heterocycles. The standard InChI is InChI=1S/C14H21F3N4O/c1-9(12-8-20(3)19-10(12)2)18-13(22)21-6-4-5-11(7-21)14(15,16)17/h8-9,11H,4-7H2,1-3H3,(H,18,22)/t9-,11-/m0/s1. The van der Waals surface area contributed by atoms with Crippen molar-refractivity contribution < 1.29 is 18.0 Å². The van der Waals surface area contributed by atoms with Crippen molar-refractivity contribution in [3.05, 3.63) is 17.5 Å². The van der Waals surface area contributed by atoms with E-state index in [1.807, 2.05) is 6.92 Å². The van der Waals surface area contributed by atoms with Gasteiger partial charge in [-0.1, -0.05) is 0 Å². The molecule has 0 unspecified atom stereocenters. The van der Waals surface area contributed by atoms with Crippen LogP contribution in [-0.4, -0.2) is 40.0 Å². The summed E-state index contributed by atoms with van der Waals surface area (Å²) < 4.78 is 40.0. The van der Waals surface area contributed by atoms with Crippen molar-refractivity contribution in [1.82, 2.24) is 20.0 Å². The minimum Gasteiger partial charge on any atom is -0.331 e. The molecule has 2 heterocycles. The van der Waals surface area contributed by atoms with Gasteiger partial charge >= 0.3 is 12.2 Å². The highest BCUT2D eigenvalue weighted by Crippen LogP contribution is 2.33. The van der Waals surface area contributed by atoms with Gasteiger partial charge in [-0.05, 0) is 26.7 Å². The molecule has 0 spiro atoms. The van der Waals surface area contributed by atoms with Crippen LogP contribution in [0.25, 0.3) is 0 Å². The zero-order chi connectivity index (χ0) is 16.5. The van der Waals surface area contributed by atoms with Gasteiger partial charge in [0.05, 0.1) is 17.7 Å². The largest absolute Gasteiger partial charge is 0.393 e. The van der Waals surface area contributed by atoms with E-state index in [9.17, 15) is 18.0 Å². The summed E-state index contributed by atoms with van der Waals surface area (Å²) in [5.41, 5.74) is 1.65. The van der Waals surface area contributed by atoms with Crippen molar-refractivity contribution in [2.45, 2.75) is 38.9 Å². The number of piperidine rings is 1. The van der Waals surface area contributed by atoms with Crippen LogP contribution in [-0.2, 0) is 7.05 Å². The summed E-state index contributed by atoms with van der Waals surface area (Å²) in [5, 5.41) is 6.96. The van der Waals surface area contributed by atoms with Crippen molar-refractivity contribution >= 4 is 6.03 Å². The Bertz CT molecular complexity index is 541. The lowest BCUT2D eigenvalue weighted by atomic mass is 9.98. The highest BCUT2D eigenvalue weighted by atomic mass is 19.4. The van der Waals surface area contributed by atoms with Crippen molar-refractivity contribution in [3.63, 3.8) is 0 Å². The third-order valence-electron chi connectivity index (χ3n) is 4.03. The SMILES string of the molecule is Cc1nn(C)cc1[C@H](C)NC(=O)N1CCC[C@H](C(F)(F)F)C1. The van der Waals surface area contributed by atoms with E-state index in [-0.39, 0.29) is 19.0 Å². The normalized spacial score (nSPS) is 20.8. The van der Waals surface area contributed by atoms with Gasteiger partial charge in [-0.15, -0.1) is 0 Å². The molecule has 1 fully saturated rings. The van der Waals surface area contributed by atoms with Gasteiger partial charge in [0.1, 0.15) is 0 Å². The molecule has 124 valence electrons. The average Bonchev–Trinajstić information content (AvgIpc) is 2.77. The number of urea groups is 1. The molecule has 5 nitrogen and oxygen atoms in total. The van der Waals surface area contributed by atoms with E-state index in [4.69, 9.17) is 0 Å². The number of halogens is 3. The lowest BCUT2D eigenvalue weighted by Gasteiger charge is -2.34. The van der Waals surface area contributed by atoms with Gasteiger partial charge in [-0.2, -0.15) is 18.3 Å². The first-order chi connectivity index (χ1) is 10.2. The number of aromatic nitrogens is 2. The molecule has 2 atom stereocenters. The monoisotopic (exact) mass is 318 g/mol. The van der Waals surface area contributed by atoms with Gasteiger partial charge < -0.3 is 10.2 Å². The number of hydrogen-bond donors (Lipinski definition) is 1. The summed E-state index contributed by atoms with van der Waals surface area (Å²) in [6.45, 7) is 3.72. The van der Waals surface area contributed by atoms with Crippen LogP contribution in [0.2, 0.25) is 0 Å². The van der Waals surface area contributed by atoms with E-state index in [2.05, 4.69) is 10.4 Å². The fraction of sp³-hybridized carbons (Fsp3) is 0.714. The number of aryl methyl sites for hydroxylation is 2. The minimum absolute atomic E-state index is 0.0878. The molecule has 1 N–H and O–H groups in total. The second-order valence-corrected chi connectivity index (χ2v) is 5.84. The number of carbonyl (C=O) groups excluding carboxylic acids is 1. The molecule has 0 radical (unpaired) electrons. The number of amides is 2. The summed E-state index contributed by atoms with van der Waals surface area (Å²) in [4.78, 5) is 13.4. The Morgan fingerprint density at radius 2 is 2.18 bits per heavy atom. The Hall–Kier alpha value is -1.73. The van der Waals surface area contributed by atoms with E-state index in [0.29, 0.717) is 13.0 Å². The van der Waals surface area contributed by atoms with E-state index < -0.39 is 18.1 Å².